The molecule has 27 heavy (non-hydrogen) atoms. The topological polar surface area (TPSA) is 41.6 Å². The standard InChI is InChI=1S/C23H22N2O2/c1-16-10-12-17(13-11-16)15-25-22(18-6-5-7-19(14-18)27-2)24-21-9-4-3-8-20(21)23(25)26/h3-14,22,24H,15H2,1-2H3. The van der Waals surface area contributed by atoms with Gasteiger partial charge in [0.25, 0.3) is 5.91 Å². The molecule has 3 aromatic carbocycles. The zero-order valence-corrected chi connectivity index (χ0v) is 15.5. The van der Waals surface area contributed by atoms with E-state index in [1.807, 2.05) is 53.4 Å². The number of carbonyl (C=O) groups excluding carboxylic acids is 1. The number of methoxy groups -OCH3 is 1. The van der Waals surface area contributed by atoms with Gasteiger partial charge >= 0.3 is 0 Å². The molecule has 4 nitrogen and oxygen atoms in total. The predicted octanol–water partition coefficient (Wildman–Crippen LogP) is 4.77. The fourth-order valence-electron chi connectivity index (χ4n) is 3.42. The van der Waals surface area contributed by atoms with E-state index in [4.69, 9.17) is 4.74 Å². The van der Waals surface area contributed by atoms with Gasteiger partial charge in [-0.1, -0.05) is 54.1 Å². The number of benzene rings is 3. The van der Waals surface area contributed by atoms with E-state index in [0.717, 1.165) is 22.6 Å². The van der Waals surface area contributed by atoms with Crippen LogP contribution in [0.3, 0.4) is 0 Å². The van der Waals surface area contributed by atoms with Gasteiger partial charge in [-0.3, -0.25) is 4.79 Å². The molecular formula is C23H22N2O2. The molecule has 0 aromatic heterocycles. The SMILES string of the molecule is COc1cccc(C2Nc3ccccc3C(=O)N2Cc2ccc(C)cc2)c1. The number of nitrogens with zero attached hydrogens (tertiary/aromatic N) is 1. The first kappa shape index (κ1) is 17.2. The number of fused-ring (bicyclic) bond motifs is 1. The highest BCUT2D eigenvalue weighted by Crippen LogP contribution is 2.35. The van der Waals surface area contributed by atoms with E-state index in [0.29, 0.717) is 12.1 Å². The van der Waals surface area contributed by atoms with Crippen LogP contribution in [0, 0.1) is 6.92 Å². The molecule has 1 heterocycles. The largest absolute Gasteiger partial charge is 0.497 e. The smallest absolute Gasteiger partial charge is 0.258 e. The maximum absolute atomic E-state index is 13.3. The Labute approximate surface area is 159 Å². The van der Waals surface area contributed by atoms with E-state index in [1.165, 1.54) is 5.56 Å². The average Bonchev–Trinajstić information content (AvgIpc) is 2.71. The van der Waals surface area contributed by atoms with Crippen LogP contribution in [-0.2, 0) is 6.54 Å². The van der Waals surface area contributed by atoms with Gasteiger partial charge in [-0.15, -0.1) is 0 Å². The van der Waals surface area contributed by atoms with E-state index in [-0.39, 0.29) is 12.1 Å². The number of anilines is 1. The Morgan fingerprint density at radius 3 is 2.56 bits per heavy atom. The van der Waals surface area contributed by atoms with Crippen LogP contribution < -0.4 is 10.1 Å². The first-order valence-electron chi connectivity index (χ1n) is 9.02. The minimum Gasteiger partial charge on any atom is -0.497 e. The minimum absolute atomic E-state index is 0.0257. The predicted molar refractivity (Wildman–Crippen MR) is 107 cm³/mol. The lowest BCUT2D eigenvalue weighted by molar-refractivity contribution is 0.0666. The molecule has 0 saturated heterocycles. The molecule has 0 fully saturated rings. The molecule has 0 aliphatic carbocycles. The number of ether oxygens (including phenoxy) is 1. The molecule has 1 atom stereocenters. The van der Waals surface area contributed by atoms with Gasteiger partial charge < -0.3 is 15.0 Å². The highest BCUT2D eigenvalue weighted by atomic mass is 16.5. The number of aryl methyl sites for hydroxylation is 1. The lowest BCUT2D eigenvalue weighted by Crippen LogP contribution is -2.42. The van der Waals surface area contributed by atoms with Crippen LogP contribution in [0.5, 0.6) is 5.75 Å². The van der Waals surface area contributed by atoms with Gasteiger partial charge in [-0.25, -0.2) is 0 Å². The molecule has 0 bridgehead atoms. The Kier molecular flexibility index (Phi) is 4.55. The summed E-state index contributed by atoms with van der Waals surface area (Å²) in [6.07, 6.45) is -0.260. The summed E-state index contributed by atoms with van der Waals surface area (Å²) in [6.45, 7) is 2.59. The second-order valence-corrected chi connectivity index (χ2v) is 6.79. The van der Waals surface area contributed by atoms with Crippen LogP contribution in [0.2, 0.25) is 0 Å². The van der Waals surface area contributed by atoms with Crippen molar-refractivity contribution in [3.8, 4) is 5.75 Å². The highest BCUT2D eigenvalue weighted by Gasteiger charge is 2.32. The molecule has 1 unspecified atom stereocenters. The highest BCUT2D eigenvalue weighted by molar-refractivity contribution is 6.01. The third kappa shape index (κ3) is 3.38. The summed E-state index contributed by atoms with van der Waals surface area (Å²) in [4.78, 5) is 15.2. The first-order valence-corrected chi connectivity index (χ1v) is 9.02. The molecule has 136 valence electrons. The summed E-state index contributed by atoms with van der Waals surface area (Å²) in [7, 11) is 1.65. The second kappa shape index (κ2) is 7.16. The lowest BCUT2D eigenvalue weighted by atomic mass is 10.0. The van der Waals surface area contributed by atoms with Crippen molar-refractivity contribution in [1.29, 1.82) is 0 Å². The van der Waals surface area contributed by atoms with Gasteiger partial charge in [0.15, 0.2) is 0 Å². The van der Waals surface area contributed by atoms with Crippen molar-refractivity contribution in [3.63, 3.8) is 0 Å². The second-order valence-electron chi connectivity index (χ2n) is 6.79. The number of amides is 1. The lowest BCUT2D eigenvalue weighted by Gasteiger charge is -2.38. The molecule has 0 spiro atoms. The number of hydrogen-bond donors (Lipinski definition) is 1. The average molecular weight is 358 g/mol. The van der Waals surface area contributed by atoms with E-state index >= 15 is 0 Å². The molecular weight excluding hydrogens is 336 g/mol. The van der Waals surface area contributed by atoms with Crippen LogP contribution in [0.1, 0.15) is 33.2 Å². The van der Waals surface area contributed by atoms with E-state index in [1.54, 1.807) is 7.11 Å². The summed E-state index contributed by atoms with van der Waals surface area (Å²) >= 11 is 0. The van der Waals surface area contributed by atoms with Crippen LogP contribution in [0.25, 0.3) is 0 Å². The fraction of sp³-hybridized carbons (Fsp3) is 0.174. The molecule has 1 amide bonds. The van der Waals surface area contributed by atoms with Crippen LogP contribution in [-0.4, -0.2) is 17.9 Å². The Bertz CT molecular complexity index is 966. The Morgan fingerprint density at radius 1 is 1.00 bits per heavy atom. The number of carbonyl (C=O) groups is 1. The van der Waals surface area contributed by atoms with E-state index < -0.39 is 0 Å². The summed E-state index contributed by atoms with van der Waals surface area (Å²) in [5, 5.41) is 3.53. The summed E-state index contributed by atoms with van der Waals surface area (Å²) in [5.74, 6) is 0.800. The van der Waals surface area contributed by atoms with Crippen molar-refractivity contribution >= 4 is 11.6 Å². The Hall–Kier alpha value is -3.27. The number of para-hydroxylation sites is 1. The molecule has 0 radical (unpaired) electrons. The monoisotopic (exact) mass is 358 g/mol. The van der Waals surface area contributed by atoms with Crippen LogP contribution in [0.4, 0.5) is 5.69 Å². The minimum atomic E-state index is -0.260. The molecule has 4 heteroatoms. The zero-order chi connectivity index (χ0) is 18.8. The van der Waals surface area contributed by atoms with Crippen molar-refractivity contribution in [2.75, 3.05) is 12.4 Å². The molecule has 3 aromatic rings. The fourth-order valence-corrected chi connectivity index (χ4v) is 3.42. The zero-order valence-electron chi connectivity index (χ0n) is 15.5. The Morgan fingerprint density at radius 2 is 1.78 bits per heavy atom. The van der Waals surface area contributed by atoms with Crippen LogP contribution >= 0.6 is 0 Å². The van der Waals surface area contributed by atoms with Crippen molar-refractivity contribution in [3.05, 3.63) is 95.1 Å². The Balaban J connectivity index is 1.75. The molecule has 4 rings (SSSR count). The summed E-state index contributed by atoms with van der Waals surface area (Å²) in [5.41, 5.74) is 4.85. The van der Waals surface area contributed by atoms with Crippen molar-refractivity contribution in [2.24, 2.45) is 0 Å². The quantitative estimate of drug-likeness (QED) is 0.730. The van der Waals surface area contributed by atoms with Crippen molar-refractivity contribution < 1.29 is 9.53 Å². The van der Waals surface area contributed by atoms with Gasteiger partial charge in [-0.05, 0) is 42.3 Å². The normalized spacial score (nSPS) is 15.9. The van der Waals surface area contributed by atoms with Gasteiger partial charge in [0, 0.05) is 12.2 Å². The van der Waals surface area contributed by atoms with E-state index in [9.17, 15) is 4.79 Å². The molecule has 1 N–H and O–H groups in total. The van der Waals surface area contributed by atoms with E-state index in [2.05, 4.69) is 36.5 Å². The molecule has 0 saturated carbocycles. The maximum Gasteiger partial charge on any atom is 0.258 e. The summed E-state index contributed by atoms with van der Waals surface area (Å²) in [6, 6.07) is 23.8. The van der Waals surface area contributed by atoms with Crippen molar-refractivity contribution in [1.82, 2.24) is 4.90 Å². The number of nitrogens with one attached hydrogen (secondary N) is 1. The molecule has 1 aliphatic rings. The van der Waals surface area contributed by atoms with Crippen molar-refractivity contribution in [2.45, 2.75) is 19.6 Å². The number of rotatable bonds is 4. The third-order valence-corrected chi connectivity index (χ3v) is 4.91. The van der Waals surface area contributed by atoms with Crippen LogP contribution in [0.15, 0.2) is 72.8 Å². The van der Waals surface area contributed by atoms with Gasteiger partial charge in [-0.2, -0.15) is 0 Å². The summed E-state index contributed by atoms with van der Waals surface area (Å²) < 4.78 is 5.38. The first-order chi connectivity index (χ1) is 13.2. The van der Waals surface area contributed by atoms with Gasteiger partial charge in [0.1, 0.15) is 11.9 Å². The van der Waals surface area contributed by atoms with Gasteiger partial charge in [0.2, 0.25) is 0 Å². The molecule has 1 aliphatic heterocycles. The number of hydrogen-bond acceptors (Lipinski definition) is 3. The van der Waals surface area contributed by atoms with Gasteiger partial charge in [0.05, 0.1) is 12.7 Å². The maximum atomic E-state index is 13.3. The third-order valence-electron chi connectivity index (χ3n) is 4.91.